The lowest BCUT2D eigenvalue weighted by Gasteiger charge is -2.18. The second-order valence-electron chi connectivity index (χ2n) is 5.96. The molecule has 140 valence electrons. The lowest BCUT2D eigenvalue weighted by molar-refractivity contribution is -0.114. The molecule has 0 aliphatic rings. The highest BCUT2D eigenvalue weighted by Crippen LogP contribution is 2.32. The Morgan fingerprint density at radius 1 is 1.21 bits per heavy atom. The van der Waals surface area contributed by atoms with Gasteiger partial charge in [-0.1, -0.05) is 17.4 Å². The summed E-state index contributed by atoms with van der Waals surface area (Å²) in [5.74, 6) is 0.656. The standard InChI is InChI=1S/C21H17N3O2S2/c1-26-16-4-6-18-19(13-16)28-21(23-18)24(14-15-8-10-22-11-9-15)20(25)7-5-17-3-2-12-27-17/h2-13H,14H2,1H3. The van der Waals surface area contributed by atoms with Crippen molar-refractivity contribution in [3.63, 3.8) is 0 Å². The molecule has 3 aromatic heterocycles. The van der Waals surface area contributed by atoms with Crippen LogP contribution in [0.25, 0.3) is 16.3 Å². The van der Waals surface area contributed by atoms with Crippen LogP contribution in [0.4, 0.5) is 5.13 Å². The molecule has 0 bridgehead atoms. The van der Waals surface area contributed by atoms with E-state index in [2.05, 4.69) is 9.97 Å². The maximum atomic E-state index is 13.0. The average Bonchev–Trinajstić information content (AvgIpc) is 3.39. The Balaban J connectivity index is 1.68. The molecular weight excluding hydrogens is 390 g/mol. The zero-order chi connectivity index (χ0) is 19.3. The Morgan fingerprint density at radius 2 is 2.07 bits per heavy atom. The molecule has 0 spiro atoms. The number of carbonyl (C=O) groups is 1. The van der Waals surface area contributed by atoms with Gasteiger partial charge in [0, 0.05) is 23.3 Å². The van der Waals surface area contributed by atoms with Crippen molar-refractivity contribution in [2.75, 3.05) is 12.0 Å². The number of benzene rings is 1. The van der Waals surface area contributed by atoms with Crippen molar-refractivity contribution in [1.29, 1.82) is 0 Å². The number of anilines is 1. The second-order valence-corrected chi connectivity index (χ2v) is 7.95. The van der Waals surface area contributed by atoms with Crippen LogP contribution in [0.1, 0.15) is 10.4 Å². The monoisotopic (exact) mass is 407 g/mol. The van der Waals surface area contributed by atoms with Crippen LogP contribution in [0.2, 0.25) is 0 Å². The minimum atomic E-state index is -0.115. The summed E-state index contributed by atoms with van der Waals surface area (Å²) >= 11 is 3.06. The van der Waals surface area contributed by atoms with E-state index in [1.54, 1.807) is 41.8 Å². The van der Waals surface area contributed by atoms with Gasteiger partial charge in [0.1, 0.15) is 5.75 Å². The number of methoxy groups -OCH3 is 1. The molecule has 4 rings (SSSR count). The minimum Gasteiger partial charge on any atom is -0.497 e. The zero-order valence-electron chi connectivity index (χ0n) is 15.1. The zero-order valence-corrected chi connectivity index (χ0v) is 16.7. The molecule has 3 heterocycles. The van der Waals surface area contributed by atoms with Gasteiger partial charge < -0.3 is 4.74 Å². The maximum absolute atomic E-state index is 13.0. The van der Waals surface area contributed by atoms with Gasteiger partial charge in [0.2, 0.25) is 0 Å². The third kappa shape index (κ3) is 4.11. The van der Waals surface area contributed by atoms with Crippen LogP contribution in [-0.4, -0.2) is 23.0 Å². The van der Waals surface area contributed by atoms with Gasteiger partial charge in [-0.05, 0) is 53.4 Å². The number of hydrogen-bond donors (Lipinski definition) is 0. The fourth-order valence-electron chi connectivity index (χ4n) is 2.68. The molecule has 5 nitrogen and oxygen atoms in total. The van der Waals surface area contributed by atoms with Crippen LogP contribution in [0.5, 0.6) is 5.75 Å². The largest absolute Gasteiger partial charge is 0.497 e. The van der Waals surface area contributed by atoms with E-state index in [9.17, 15) is 4.79 Å². The number of thiophene rings is 1. The third-order valence-corrected chi connectivity index (χ3v) is 5.98. The SMILES string of the molecule is COc1ccc2nc(N(Cc3ccncc3)C(=O)C=Cc3cccs3)sc2c1. The van der Waals surface area contributed by atoms with Gasteiger partial charge in [-0.2, -0.15) is 0 Å². The molecule has 0 unspecified atom stereocenters. The third-order valence-electron chi connectivity index (χ3n) is 4.10. The van der Waals surface area contributed by atoms with E-state index in [0.717, 1.165) is 26.4 Å². The van der Waals surface area contributed by atoms with Gasteiger partial charge in [0.15, 0.2) is 5.13 Å². The van der Waals surface area contributed by atoms with Crippen molar-refractivity contribution < 1.29 is 9.53 Å². The molecule has 0 atom stereocenters. The number of fused-ring (bicyclic) bond motifs is 1. The summed E-state index contributed by atoms with van der Waals surface area (Å²) in [6, 6.07) is 13.5. The summed E-state index contributed by atoms with van der Waals surface area (Å²) in [4.78, 5) is 24.5. The molecule has 28 heavy (non-hydrogen) atoms. The molecule has 0 saturated heterocycles. The first-order valence-corrected chi connectivity index (χ1v) is 10.3. The topological polar surface area (TPSA) is 55.3 Å². The van der Waals surface area contributed by atoms with Crippen LogP contribution < -0.4 is 9.64 Å². The summed E-state index contributed by atoms with van der Waals surface area (Å²) in [5.41, 5.74) is 1.83. The molecule has 0 N–H and O–H groups in total. The quantitative estimate of drug-likeness (QED) is 0.422. The van der Waals surface area contributed by atoms with Gasteiger partial charge >= 0.3 is 0 Å². The first-order chi connectivity index (χ1) is 13.7. The number of carbonyl (C=O) groups excluding carboxylic acids is 1. The first-order valence-electron chi connectivity index (χ1n) is 8.59. The van der Waals surface area contributed by atoms with Crippen LogP contribution in [0.15, 0.2) is 66.3 Å². The fourth-order valence-corrected chi connectivity index (χ4v) is 4.29. The van der Waals surface area contributed by atoms with E-state index < -0.39 is 0 Å². The fraction of sp³-hybridized carbons (Fsp3) is 0.0952. The summed E-state index contributed by atoms with van der Waals surface area (Å²) in [6.07, 6.45) is 6.88. The average molecular weight is 408 g/mol. The molecule has 1 amide bonds. The van der Waals surface area contributed by atoms with Gasteiger partial charge in [0.05, 0.1) is 23.9 Å². The lowest BCUT2D eigenvalue weighted by atomic mass is 10.2. The molecule has 7 heteroatoms. The number of nitrogens with zero attached hydrogens (tertiary/aromatic N) is 3. The number of pyridine rings is 1. The van der Waals surface area contributed by atoms with Crippen molar-refractivity contribution in [3.8, 4) is 5.75 Å². The molecule has 4 aromatic rings. The molecule has 0 aliphatic heterocycles. The van der Waals surface area contributed by atoms with E-state index in [1.165, 1.54) is 11.3 Å². The highest BCUT2D eigenvalue weighted by Gasteiger charge is 2.18. The van der Waals surface area contributed by atoms with Crippen molar-refractivity contribution in [3.05, 3.63) is 76.8 Å². The normalized spacial score (nSPS) is 11.2. The van der Waals surface area contributed by atoms with Crippen molar-refractivity contribution in [1.82, 2.24) is 9.97 Å². The van der Waals surface area contributed by atoms with Crippen LogP contribution >= 0.6 is 22.7 Å². The summed E-state index contributed by atoms with van der Waals surface area (Å²) in [6.45, 7) is 0.424. The predicted octanol–water partition coefficient (Wildman–Crippen LogP) is 5.01. The summed E-state index contributed by atoms with van der Waals surface area (Å²) in [7, 11) is 1.64. The highest BCUT2D eigenvalue weighted by atomic mass is 32.1. The molecule has 0 radical (unpaired) electrons. The Hall–Kier alpha value is -3.03. The van der Waals surface area contributed by atoms with Crippen LogP contribution in [0.3, 0.4) is 0 Å². The van der Waals surface area contributed by atoms with E-state index in [1.807, 2.05) is 53.9 Å². The van der Waals surface area contributed by atoms with Gasteiger partial charge in [0.25, 0.3) is 5.91 Å². The number of amides is 1. The second kappa shape index (κ2) is 8.33. The number of hydrogen-bond acceptors (Lipinski definition) is 6. The van der Waals surface area contributed by atoms with E-state index in [-0.39, 0.29) is 5.91 Å². The van der Waals surface area contributed by atoms with E-state index >= 15 is 0 Å². The Bertz CT molecular complexity index is 1110. The number of rotatable bonds is 6. The Morgan fingerprint density at radius 3 is 2.82 bits per heavy atom. The van der Waals surface area contributed by atoms with Crippen molar-refractivity contribution >= 4 is 50.0 Å². The number of aromatic nitrogens is 2. The van der Waals surface area contributed by atoms with Crippen LogP contribution in [-0.2, 0) is 11.3 Å². The minimum absolute atomic E-state index is 0.115. The smallest absolute Gasteiger partial charge is 0.253 e. The predicted molar refractivity (Wildman–Crippen MR) is 115 cm³/mol. The van der Waals surface area contributed by atoms with Gasteiger partial charge in [-0.3, -0.25) is 14.7 Å². The maximum Gasteiger partial charge on any atom is 0.253 e. The number of ether oxygens (including phenoxy) is 1. The van der Waals surface area contributed by atoms with Crippen LogP contribution in [0, 0.1) is 0 Å². The highest BCUT2D eigenvalue weighted by molar-refractivity contribution is 7.22. The lowest BCUT2D eigenvalue weighted by Crippen LogP contribution is -2.28. The molecule has 1 aromatic carbocycles. The molecule has 0 saturated carbocycles. The Labute approximate surface area is 170 Å². The summed E-state index contributed by atoms with van der Waals surface area (Å²) < 4.78 is 6.27. The molecule has 0 aliphatic carbocycles. The molecule has 0 fully saturated rings. The summed E-state index contributed by atoms with van der Waals surface area (Å²) in [5, 5.41) is 2.64. The van der Waals surface area contributed by atoms with Crippen molar-refractivity contribution in [2.45, 2.75) is 6.54 Å². The number of thiazole rings is 1. The Kier molecular flexibility index (Phi) is 5.45. The van der Waals surface area contributed by atoms with E-state index in [0.29, 0.717) is 11.7 Å². The van der Waals surface area contributed by atoms with E-state index in [4.69, 9.17) is 4.74 Å². The first kappa shape index (κ1) is 18.3. The van der Waals surface area contributed by atoms with Gasteiger partial charge in [-0.25, -0.2) is 4.98 Å². The molecular formula is C21H17N3O2S2. The van der Waals surface area contributed by atoms with Crippen molar-refractivity contribution in [2.24, 2.45) is 0 Å². The van der Waals surface area contributed by atoms with Gasteiger partial charge in [-0.15, -0.1) is 11.3 Å².